The highest BCUT2D eigenvalue weighted by atomic mass is 35.5. The van der Waals surface area contributed by atoms with Crippen LogP contribution in [0.5, 0.6) is 0 Å². The van der Waals surface area contributed by atoms with Crippen LogP contribution in [-0.2, 0) is 4.79 Å². The van der Waals surface area contributed by atoms with Crippen molar-refractivity contribution in [2.24, 2.45) is 17.8 Å². The Bertz CT molecular complexity index is 595. The van der Waals surface area contributed by atoms with Crippen molar-refractivity contribution in [2.45, 2.75) is 57.0 Å². The van der Waals surface area contributed by atoms with Crippen LogP contribution in [0.15, 0.2) is 24.3 Å². The average Bonchev–Trinajstić information content (AvgIpc) is 2.50. The monoisotopic (exact) mass is 346 g/mol. The van der Waals surface area contributed by atoms with Crippen LogP contribution in [0.2, 0.25) is 5.02 Å². The van der Waals surface area contributed by atoms with Gasteiger partial charge in [-0.2, -0.15) is 0 Å². The van der Waals surface area contributed by atoms with Gasteiger partial charge in [0, 0.05) is 16.6 Å². The summed E-state index contributed by atoms with van der Waals surface area (Å²) in [5.41, 5.74) is 1.22. The molecule has 2 N–H and O–H groups in total. The lowest BCUT2D eigenvalue weighted by molar-refractivity contribution is -0.126. The van der Waals surface area contributed by atoms with E-state index in [1.165, 1.54) is 38.5 Å². The Balaban J connectivity index is 1.32. The number of amides is 1. The van der Waals surface area contributed by atoms with Gasteiger partial charge in [-0.05, 0) is 80.9 Å². The largest absolute Gasteiger partial charge is 0.350 e. The first-order valence-corrected chi connectivity index (χ1v) is 9.69. The summed E-state index contributed by atoms with van der Waals surface area (Å²) >= 11 is 6.05. The number of halogens is 1. The fraction of sp³-hybridized carbons (Fsp3) is 0.650. The van der Waals surface area contributed by atoms with E-state index in [4.69, 9.17) is 11.6 Å². The standard InChI is InChI=1S/C20H27ClN2O/c1-13(17-3-2-4-18(21)8-17)22-12-19(24)23-20-9-14-5-15(10-20)7-16(6-14)11-20/h2-4,8,13-16,22H,5-7,9-12H2,1H3,(H,23,24)/t13-,14?,15?,16?,20?/m0/s1. The van der Waals surface area contributed by atoms with Crippen molar-refractivity contribution < 1.29 is 4.79 Å². The second kappa shape index (κ2) is 6.34. The SMILES string of the molecule is C[C@H](NCC(=O)NC12CC3CC(CC(C3)C1)C2)c1cccc(Cl)c1. The summed E-state index contributed by atoms with van der Waals surface area (Å²) in [5.74, 6) is 2.71. The van der Waals surface area contributed by atoms with Crippen LogP contribution in [0.1, 0.15) is 57.1 Å². The van der Waals surface area contributed by atoms with Gasteiger partial charge in [-0.3, -0.25) is 4.79 Å². The van der Waals surface area contributed by atoms with Crippen LogP contribution in [0.25, 0.3) is 0 Å². The third-order valence-electron chi connectivity index (χ3n) is 6.36. The molecule has 0 saturated heterocycles. The Labute approximate surface area is 149 Å². The Kier molecular flexibility index (Phi) is 4.34. The van der Waals surface area contributed by atoms with Crippen LogP contribution in [0.4, 0.5) is 0 Å². The molecule has 3 nitrogen and oxygen atoms in total. The van der Waals surface area contributed by atoms with Gasteiger partial charge in [0.15, 0.2) is 0 Å². The molecule has 5 rings (SSSR count). The zero-order chi connectivity index (χ0) is 16.7. The van der Waals surface area contributed by atoms with Gasteiger partial charge in [0.25, 0.3) is 0 Å². The summed E-state index contributed by atoms with van der Waals surface area (Å²) in [6, 6.07) is 7.94. The van der Waals surface area contributed by atoms with Crippen molar-refractivity contribution in [2.75, 3.05) is 6.54 Å². The van der Waals surface area contributed by atoms with Crippen LogP contribution >= 0.6 is 11.6 Å². The van der Waals surface area contributed by atoms with E-state index < -0.39 is 0 Å². The number of benzene rings is 1. The molecule has 1 aromatic carbocycles. The first-order valence-electron chi connectivity index (χ1n) is 9.31. The van der Waals surface area contributed by atoms with Crippen molar-refractivity contribution in [1.29, 1.82) is 0 Å². The molecule has 4 aliphatic rings. The highest BCUT2D eigenvalue weighted by molar-refractivity contribution is 6.30. The van der Waals surface area contributed by atoms with E-state index in [1.807, 2.05) is 24.3 Å². The summed E-state index contributed by atoms with van der Waals surface area (Å²) in [6.07, 6.45) is 7.81. The summed E-state index contributed by atoms with van der Waals surface area (Å²) in [4.78, 5) is 12.5. The van der Waals surface area contributed by atoms with Gasteiger partial charge in [-0.1, -0.05) is 23.7 Å². The third-order valence-corrected chi connectivity index (χ3v) is 6.60. The van der Waals surface area contributed by atoms with E-state index in [0.29, 0.717) is 6.54 Å². The van der Waals surface area contributed by atoms with Gasteiger partial charge in [0.05, 0.1) is 6.54 Å². The fourth-order valence-corrected chi connectivity index (χ4v) is 5.94. The number of nitrogens with one attached hydrogen (secondary N) is 2. The molecule has 0 unspecified atom stereocenters. The molecule has 4 aliphatic carbocycles. The zero-order valence-corrected chi connectivity index (χ0v) is 15.1. The van der Waals surface area contributed by atoms with E-state index >= 15 is 0 Å². The van der Waals surface area contributed by atoms with Gasteiger partial charge < -0.3 is 10.6 Å². The minimum Gasteiger partial charge on any atom is -0.350 e. The molecule has 24 heavy (non-hydrogen) atoms. The van der Waals surface area contributed by atoms with Crippen LogP contribution < -0.4 is 10.6 Å². The van der Waals surface area contributed by atoms with E-state index in [9.17, 15) is 4.79 Å². The highest BCUT2D eigenvalue weighted by Crippen LogP contribution is 2.55. The summed E-state index contributed by atoms with van der Waals surface area (Å²) in [7, 11) is 0. The molecule has 4 heteroatoms. The average molecular weight is 347 g/mol. The van der Waals surface area contributed by atoms with Crippen molar-refractivity contribution in [3.05, 3.63) is 34.9 Å². The quantitative estimate of drug-likeness (QED) is 0.843. The van der Waals surface area contributed by atoms with Gasteiger partial charge in [0.1, 0.15) is 0 Å². The number of carbonyl (C=O) groups is 1. The van der Waals surface area contributed by atoms with E-state index in [-0.39, 0.29) is 17.5 Å². The molecule has 0 heterocycles. The topological polar surface area (TPSA) is 41.1 Å². The molecule has 0 aliphatic heterocycles. The minimum absolute atomic E-state index is 0.104. The maximum Gasteiger partial charge on any atom is 0.234 e. The Morgan fingerprint density at radius 1 is 1.21 bits per heavy atom. The molecule has 4 fully saturated rings. The van der Waals surface area contributed by atoms with Crippen molar-refractivity contribution in [3.8, 4) is 0 Å². The predicted molar refractivity (Wildman–Crippen MR) is 96.9 cm³/mol. The molecule has 0 radical (unpaired) electrons. The molecule has 1 amide bonds. The van der Waals surface area contributed by atoms with E-state index in [1.54, 1.807) is 0 Å². The number of hydrogen-bond donors (Lipinski definition) is 2. The first-order chi connectivity index (χ1) is 11.5. The molecule has 0 spiro atoms. The normalized spacial score (nSPS) is 35.0. The molecule has 1 atom stereocenters. The molecule has 4 bridgehead atoms. The molecule has 4 saturated carbocycles. The van der Waals surface area contributed by atoms with Gasteiger partial charge in [-0.25, -0.2) is 0 Å². The number of carbonyl (C=O) groups excluding carboxylic acids is 1. The van der Waals surface area contributed by atoms with Crippen LogP contribution in [-0.4, -0.2) is 18.0 Å². The maximum atomic E-state index is 12.5. The molecule has 0 aromatic heterocycles. The molecule has 1 aromatic rings. The number of hydrogen-bond acceptors (Lipinski definition) is 2. The molecular formula is C20H27ClN2O. The van der Waals surface area contributed by atoms with Crippen molar-refractivity contribution >= 4 is 17.5 Å². The summed E-state index contributed by atoms with van der Waals surface area (Å²) in [5, 5.41) is 7.49. The summed E-state index contributed by atoms with van der Waals surface area (Å²) < 4.78 is 0. The highest BCUT2D eigenvalue weighted by Gasteiger charge is 2.51. The minimum atomic E-state index is 0.104. The maximum absolute atomic E-state index is 12.5. The van der Waals surface area contributed by atoms with Gasteiger partial charge >= 0.3 is 0 Å². The lowest BCUT2D eigenvalue weighted by Crippen LogP contribution is -2.60. The third kappa shape index (κ3) is 3.34. The molecular weight excluding hydrogens is 320 g/mol. The second-order valence-electron chi connectivity index (χ2n) is 8.40. The van der Waals surface area contributed by atoms with Crippen LogP contribution in [0, 0.1) is 17.8 Å². The van der Waals surface area contributed by atoms with Crippen molar-refractivity contribution in [1.82, 2.24) is 10.6 Å². The summed E-state index contributed by atoms with van der Waals surface area (Å²) in [6.45, 7) is 2.44. The van der Waals surface area contributed by atoms with Gasteiger partial charge in [0.2, 0.25) is 5.91 Å². The number of rotatable bonds is 5. The lowest BCUT2D eigenvalue weighted by Gasteiger charge is -2.56. The second-order valence-corrected chi connectivity index (χ2v) is 8.84. The van der Waals surface area contributed by atoms with Crippen molar-refractivity contribution in [3.63, 3.8) is 0 Å². The Hall–Kier alpha value is -1.06. The lowest BCUT2D eigenvalue weighted by atomic mass is 9.53. The predicted octanol–water partition coefficient (Wildman–Crippen LogP) is 4.08. The van der Waals surface area contributed by atoms with Gasteiger partial charge in [-0.15, -0.1) is 0 Å². The van der Waals surface area contributed by atoms with E-state index in [2.05, 4.69) is 17.6 Å². The van der Waals surface area contributed by atoms with Crippen LogP contribution in [0.3, 0.4) is 0 Å². The Morgan fingerprint density at radius 3 is 2.42 bits per heavy atom. The zero-order valence-electron chi connectivity index (χ0n) is 14.4. The Morgan fingerprint density at radius 2 is 1.83 bits per heavy atom. The first kappa shape index (κ1) is 16.4. The smallest absolute Gasteiger partial charge is 0.234 e. The molecule has 130 valence electrons. The fourth-order valence-electron chi connectivity index (χ4n) is 5.74. The van der Waals surface area contributed by atoms with E-state index in [0.717, 1.165) is 28.3 Å².